The lowest BCUT2D eigenvalue weighted by molar-refractivity contribution is 0.327. The van der Waals surface area contributed by atoms with Crippen molar-refractivity contribution in [2.75, 3.05) is 0 Å². The third kappa shape index (κ3) is 3.68. The molecule has 0 amide bonds. The molecule has 3 unspecified atom stereocenters. The first-order chi connectivity index (χ1) is 7.33. The molecule has 16 heavy (non-hydrogen) atoms. The third-order valence-corrected chi connectivity index (χ3v) is 5.48. The van der Waals surface area contributed by atoms with E-state index in [1.54, 1.807) is 0 Å². The Morgan fingerprint density at radius 1 is 1.50 bits per heavy atom. The molecular weight excluding hydrogens is 244 g/mol. The van der Waals surface area contributed by atoms with Crippen LogP contribution in [0.5, 0.6) is 0 Å². The lowest BCUT2D eigenvalue weighted by atomic mass is 9.88. The molecule has 0 saturated heterocycles. The summed E-state index contributed by atoms with van der Waals surface area (Å²) in [6.07, 6.45) is 4.08. The first-order valence-electron chi connectivity index (χ1n) is 5.63. The second-order valence-corrected chi connectivity index (χ2v) is 7.18. The number of sulfonamides is 1. The highest BCUT2D eigenvalue weighted by molar-refractivity contribution is 7.93. The summed E-state index contributed by atoms with van der Waals surface area (Å²) in [5.74, 6) is 0.585. The molecule has 94 valence electrons. The van der Waals surface area contributed by atoms with Crippen molar-refractivity contribution in [3.63, 3.8) is 0 Å². The molecule has 1 saturated carbocycles. The normalized spacial score (nSPS) is 28.6. The molecular formula is C10H20N2O2S2. The van der Waals surface area contributed by atoms with Crippen molar-refractivity contribution in [3.05, 3.63) is 0 Å². The van der Waals surface area contributed by atoms with Crippen LogP contribution >= 0.6 is 12.2 Å². The third-order valence-electron chi connectivity index (χ3n) is 3.13. The summed E-state index contributed by atoms with van der Waals surface area (Å²) in [5.41, 5.74) is 5.37. The SMILES string of the molecule is CC1CCCC(NS(=O)(=O)C(C)C(N)=S)C1. The predicted octanol–water partition coefficient (Wildman–Crippen LogP) is 1.16. The first-order valence-corrected chi connectivity index (χ1v) is 7.59. The van der Waals surface area contributed by atoms with Gasteiger partial charge in [-0.15, -0.1) is 0 Å². The number of rotatable bonds is 4. The Kier molecular flexibility index (Phi) is 4.70. The van der Waals surface area contributed by atoms with Gasteiger partial charge in [0.15, 0.2) is 0 Å². The smallest absolute Gasteiger partial charge is 0.220 e. The Morgan fingerprint density at radius 2 is 2.12 bits per heavy atom. The van der Waals surface area contributed by atoms with Gasteiger partial charge in [-0.3, -0.25) is 0 Å². The Labute approximate surface area is 103 Å². The fourth-order valence-electron chi connectivity index (χ4n) is 2.03. The van der Waals surface area contributed by atoms with Gasteiger partial charge in [0.05, 0.1) is 4.99 Å². The molecule has 0 spiro atoms. The predicted molar refractivity (Wildman–Crippen MR) is 69.7 cm³/mol. The zero-order valence-electron chi connectivity index (χ0n) is 9.77. The number of hydrogen-bond donors (Lipinski definition) is 2. The number of hydrogen-bond acceptors (Lipinski definition) is 3. The Bertz CT molecular complexity index is 354. The number of nitrogens with two attached hydrogens (primary N) is 1. The van der Waals surface area contributed by atoms with Crippen LogP contribution in [0.15, 0.2) is 0 Å². The van der Waals surface area contributed by atoms with E-state index in [2.05, 4.69) is 11.6 Å². The highest BCUT2D eigenvalue weighted by Gasteiger charge is 2.28. The summed E-state index contributed by atoms with van der Waals surface area (Å²) >= 11 is 4.72. The van der Waals surface area contributed by atoms with Crippen LogP contribution in [0.2, 0.25) is 0 Å². The standard InChI is InChI=1S/C10H20N2O2S2/c1-7-4-3-5-9(6-7)12-16(13,14)8(2)10(11)15/h7-9,12H,3-6H2,1-2H3,(H2,11,15). The highest BCUT2D eigenvalue weighted by atomic mass is 32.2. The van der Waals surface area contributed by atoms with E-state index in [1.165, 1.54) is 13.3 Å². The molecule has 3 atom stereocenters. The zero-order chi connectivity index (χ0) is 12.3. The largest absolute Gasteiger partial charge is 0.392 e. The van der Waals surface area contributed by atoms with Crippen LogP contribution in [-0.4, -0.2) is 24.7 Å². The van der Waals surface area contributed by atoms with E-state index in [4.69, 9.17) is 18.0 Å². The van der Waals surface area contributed by atoms with E-state index in [1.807, 2.05) is 0 Å². The van der Waals surface area contributed by atoms with Gasteiger partial charge in [-0.1, -0.05) is 32.0 Å². The van der Waals surface area contributed by atoms with Crippen molar-refractivity contribution in [1.29, 1.82) is 0 Å². The average Bonchev–Trinajstić information content (AvgIpc) is 2.15. The molecule has 0 aromatic carbocycles. The van der Waals surface area contributed by atoms with E-state index in [0.29, 0.717) is 5.92 Å². The maximum Gasteiger partial charge on any atom is 0.220 e. The monoisotopic (exact) mass is 264 g/mol. The molecule has 1 aliphatic carbocycles. The molecule has 0 heterocycles. The number of thiocarbonyl (C=S) groups is 1. The summed E-state index contributed by atoms with van der Waals surface area (Å²) in [7, 11) is -3.40. The topological polar surface area (TPSA) is 72.2 Å². The molecule has 0 aromatic rings. The van der Waals surface area contributed by atoms with E-state index >= 15 is 0 Å². The van der Waals surface area contributed by atoms with Gasteiger partial charge in [0.2, 0.25) is 10.0 Å². The van der Waals surface area contributed by atoms with Crippen molar-refractivity contribution in [1.82, 2.24) is 4.72 Å². The van der Waals surface area contributed by atoms with Gasteiger partial charge in [-0.2, -0.15) is 0 Å². The maximum atomic E-state index is 11.9. The summed E-state index contributed by atoms with van der Waals surface area (Å²) in [5, 5.41) is -0.792. The molecule has 3 N–H and O–H groups in total. The molecule has 0 aromatic heterocycles. The fraction of sp³-hybridized carbons (Fsp3) is 0.900. The van der Waals surface area contributed by atoms with E-state index in [9.17, 15) is 8.42 Å². The fourth-order valence-corrected chi connectivity index (χ4v) is 3.60. The van der Waals surface area contributed by atoms with Gasteiger partial charge in [0, 0.05) is 6.04 Å². The lowest BCUT2D eigenvalue weighted by Crippen LogP contribution is -2.45. The number of nitrogens with one attached hydrogen (secondary N) is 1. The molecule has 6 heteroatoms. The molecule has 1 rings (SSSR count). The van der Waals surface area contributed by atoms with Crippen LogP contribution in [0.25, 0.3) is 0 Å². The molecule has 4 nitrogen and oxygen atoms in total. The van der Waals surface area contributed by atoms with Gasteiger partial charge in [-0.05, 0) is 25.7 Å². The van der Waals surface area contributed by atoms with E-state index < -0.39 is 15.3 Å². The van der Waals surface area contributed by atoms with Crippen molar-refractivity contribution >= 4 is 27.2 Å². The minimum absolute atomic E-state index is 0.0244. The van der Waals surface area contributed by atoms with E-state index in [0.717, 1.165) is 19.3 Å². The van der Waals surface area contributed by atoms with Crippen molar-refractivity contribution < 1.29 is 8.42 Å². The Morgan fingerprint density at radius 3 is 2.62 bits per heavy atom. The molecule has 0 bridgehead atoms. The van der Waals surface area contributed by atoms with Gasteiger partial charge in [0.25, 0.3) is 0 Å². The summed E-state index contributed by atoms with van der Waals surface area (Å²) < 4.78 is 26.4. The van der Waals surface area contributed by atoms with Gasteiger partial charge >= 0.3 is 0 Å². The van der Waals surface area contributed by atoms with Crippen LogP contribution in [-0.2, 0) is 10.0 Å². The maximum absolute atomic E-state index is 11.9. The lowest BCUT2D eigenvalue weighted by Gasteiger charge is -2.28. The van der Waals surface area contributed by atoms with Crippen molar-refractivity contribution in [2.45, 2.75) is 50.8 Å². The zero-order valence-corrected chi connectivity index (χ0v) is 11.4. The Balaban J connectivity index is 2.62. The average molecular weight is 264 g/mol. The van der Waals surface area contributed by atoms with Gasteiger partial charge in [-0.25, -0.2) is 13.1 Å². The minimum Gasteiger partial charge on any atom is -0.392 e. The highest BCUT2D eigenvalue weighted by Crippen LogP contribution is 2.24. The summed E-state index contributed by atoms with van der Waals surface area (Å²) in [6.45, 7) is 3.67. The van der Waals surface area contributed by atoms with Crippen LogP contribution < -0.4 is 10.5 Å². The van der Waals surface area contributed by atoms with Crippen LogP contribution in [0, 0.1) is 5.92 Å². The first kappa shape index (κ1) is 13.9. The van der Waals surface area contributed by atoms with Crippen LogP contribution in [0.3, 0.4) is 0 Å². The second kappa shape index (κ2) is 5.42. The van der Waals surface area contributed by atoms with Crippen molar-refractivity contribution in [3.8, 4) is 0 Å². The molecule has 1 aliphatic rings. The van der Waals surface area contributed by atoms with Crippen LogP contribution in [0.1, 0.15) is 39.5 Å². The molecule has 0 aliphatic heterocycles. The second-order valence-electron chi connectivity index (χ2n) is 4.68. The van der Waals surface area contributed by atoms with E-state index in [-0.39, 0.29) is 11.0 Å². The summed E-state index contributed by atoms with van der Waals surface area (Å²) in [4.78, 5) is 0.0244. The molecule has 1 fully saturated rings. The van der Waals surface area contributed by atoms with Crippen molar-refractivity contribution in [2.24, 2.45) is 11.7 Å². The summed E-state index contributed by atoms with van der Waals surface area (Å²) in [6, 6.07) is 0.0468. The minimum atomic E-state index is -3.40. The molecule has 0 radical (unpaired) electrons. The quantitative estimate of drug-likeness (QED) is 0.747. The van der Waals surface area contributed by atoms with Crippen LogP contribution in [0.4, 0.5) is 0 Å². The Hall–Kier alpha value is -0.200. The van der Waals surface area contributed by atoms with Gasteiger partial charge in [0.1, 0.15) is 5.25 Å². The van der Waals surface area contributed by atoms with Gasteiger partial charge < -0.3 is 5.73 Å².